The highest BCUT2D eigenvalue weighted by atomic mass is 16.5. The number of hydrogen-bond donors (Lipinski definition) is 1. The Bertz CT molecular complexity index is 876. The summed E-state index contributed by atoms with van der Waals surface area (Å²) in [5.41, 5.74) is 6.84. The standard InChI is InChI=1S/C21H20N4O/c1-2-26-15-9-7-14(8-10-15)19-17-6-4-3-5-16(17)18(11-22)20(25)21(19,12-23)13-24/h5,7-10,17,19H,2-4,6,25H2,1H3/t17-,19-/m1/s1. The second-order valence-corrected chi connectivity index (χ2v) is 6.61. The normalized spacial score (nSPS) is 23.7. The van der Waals surface area contributed by atoms with Gasteiger partial charge in [-0.1, -0.05) is 18.2 Å². The number of nitrogens with two attached hydrogens (primary N) is 1. The highest BCUT2D eigenvalue weighted by molar-refractivity contribution is 5.59. The van der Waals surface area contributed by atoms with Crippen molar-refractivity contribution in [3.63, 3.8) is 0 Å². The molecule has 0 heterocycles. The van der Waals surface area contributed by atoms with Crippen LogP contribution in [0.2, 0.25) is 0 Å². The molecule has 0 aliphatic heterocycles. The van der Waals surface area contributed by atoms with Crippen molar-refractivity contribution in [1.82, 2.24) is 0 Å². The fourth-order valence-electron chi connectivity index (χ4n) is 4.19. The third-order valence-electron chi connectivity index (χ3n) is 5.35. The SMILES string of the molecule is CCOc1ccc([C@@H]2[C@@H]3CCCC=C3C(C#N)=C(N)C2(C#N)C#N)cc1. The van der Waals surface area contributed by atoms with E-state index in [0.29, 0.717) is 12.2 Å². The number of nitriles is 3. The van der Waals surface area contributed by atoms with Crippen LogP contribution in [-0.4, -0.2) is 6.61 Å². The van der Waals surface area contributed by atoms with Crippen LogP contribution in [-0.2, 0) is 0 Å². The van der Waals surface area contributed by atoms with E-state index in [1.54, 1.807) is 0 Å². The van der Waals surface area contributed by atoms with E-state index in [-0.39, 0.29) is 11.6 Å². The summed E-state index contributed by atoms with van der Waals surface area (Å²) in [5.74, 6) is 0.270. The Morgan fingerprint density at radius 2 is 1.88 bits per heavy atom. The molecule has 2 N–H and O–H groups in total. The first-order valence-electron chi connectivity index (χ1n) is 8.79. The molecule has 26 heavy (non-hydrogen) atoms. The summed E-state index contributed by atoms with van der Waals surface area (Å²) in [6, 6.07) is 13.9. The van der Waals surface area contributed by atoms with Gasteiger partial charge in [0.15, 0.2) is 5.41 Å². The summed E-state index contributed by atoms with van der Waals surface area (Å²) in [6.07, 6.45) is 4.72. The van der Waals surface area contributed by atoms with Gasteiger partial charge in [0, 0.05) is 5.92 Å². The van der Waals surface area contributed by atoms with Crippen LogP contribution in [0.1, 0.15) is 37.7 Å². The van der Waals surface area contributed by atoms with Gasteiger partial charge in [-0.25, -0.2) is 0 Å². The summed E-state index contributed by atoms with van der Waals surface area (Å²) in [5, 5.41) is 29.5. The lowest BCUT2D eigenvalue weighted by molar-refractivity contribution is 0.316. The first-order chi connectivity index (χ1) is 12.6. The van der Waals surface area contributed by atoms with Crippen LogP contribution in [0.15, 0.2) is 47.2 Å². The van der Waals surface area contributed by atoms with Gasteiger partial charge in [-0.2, -0.15) is 15.8 Å². The molecule has 0 unspecified atom stereocenters. The van der Waals surface area contributed by atoms with Gasteiger partial charge in [-0.05, 0) is 55.4 Å². The summed E-state index contributed by atoms with van der Waals surface area (Å²) in [4.78, 5) is 0. The number of benzene rings is 1. The predicted molar refractivity (Wildman–Crippen MR) is 96.3 cm³/mol. The summed E-state index contributed by atoms with van der Waals surface area (Å²) >= 11 is 0. The van der Waals surface area contributed by atoms with Gasteiger partial charge in [0.1, 0.15) is 11.8 Å². The lowest BCUT2D eigenvalue weighted by atomic mass is 9.57. The third-order valence-corrected chi connectivity index (χ3v) is 5.35. The van der Waals surface area contributed by atoms with E-state index in [1.165, 1.54) is 0 Å². The van der Waals surface area contributed by atoms with Gasteiger partial charge in [0.2, 0.25) is 0 Å². The molecule has 2 atom stereocenters. The smallest absolute Gasteiger partial charge is 0.191 e. The predicted octanol–water partition coefficient (Wildman–Crippen LogP) is 3.68. The topological polar surface area (TPSA) is 107 Å². The van der Waals surface area contributed by atoms with E-state index in [1.807, 2.05) is 37.3 Å². The van der Waals surface area contributed by atoms with Crippen LogP contribution in [0.25, 0.3) is 0 Å². The number of rotatable bonds is 3. The van der Waals surface area contributed by atoms with Gasteiger partial charge in [-0.3, -0.25) is 0 Å². The van der Waals surface area contributed by atoms with E-state index in [9.17, 15) is 15.8 Å². The highest BCUT2D eigenvalue weighted by Gasteiger charge is 2.53. The van der Waals surface area contributed by atoms with Gasteiger partial charge < -0.3 is 10.5 Å². The molecular weight excluding hydrogens is 324 g/mol. The molecule has 2 aliphatic carbocycles. The van der Waals surface area contributed by atoms with E-state index in [2.05, 4.69) is 18.2 Å². The Hall–Kier alpha value is -3.23. The quantitative estimate of drug-likeness (QED) is 0.900. The van der Waals surface area contributed by atoms with Crippen LogP contribution in [0.5, 0.6) is 5.75 Å². The fourth-order valence-corrected chi connectivity index (χ4v) is 4.19. The number of fused-ring (bicyclic) bond motifs is 1. The molecule has 1 aromatic rings. The van der Waals surface area contributed by atoms with Crippen LogP contribution < -0.4 is 10.5 Å². The molecule has 5 heteroatoms. The van der Waals surface area contributed by atoms with Gasteiger partial charge in [0.25, 0.3) is 0 Å². The second kappa shape index (κ2) is 6.95. The summed E-state index contributed by atoms with van der Waals surface area (Å²) < 4.78 is 5.50. The largest absolute Gasteiger partial charge is 0.494 e. The second-order valence-electron chi connectivity index (χ2n) is 6.61. The number of nitrogens with zero attached hydrogens (tertiary/aromatic N) is 3. The van der Waals surface area contributed by atoms with Crippen molar-refractivity contribution in [2.45, 2.75) is 32.1 Å². The van der Waals surface area contributed by atoms with Crippen molar-refractivity contribution in [3.8, 4) is 24.0 Å². The molecule has 0 radical (unpaired) electrons. The van der Waals surface area contributed by atoms with Crippen molar-refractivity contribution < 1.29 is 4.74 Å². The Kier molecular flexibility index (Phi) is 4.70. The maximum atomic E-state index is 9.95. The van der Waals surface area contributed by atoms with Crippen molar-refractivity contribution in [2.75, 3.05) is 6.61 Å². The maximum absolute atomic E-state index is 9.95. The highest BCUT2D eigenvalue weighted by Crippen LogP contribution is 2.55. The van der Waals surface area contributed by atoms with Crippen LogP contribution in [0, 0.1) is 45.3 Å². The van der Waals surface area contributed by atoms with E-state index in [4.69, 9.17) is 10.5 Å². The zero-order chi connectivity index (χ0) is 18.7. The first-order valence-corrected chi connectivity index (χ1v) is 8.79. The molecule has 0 saturated carbocycles. The lowest BCUT2D eigenvalue weighted by Gasteiger charge is -2.43. The molecule has 5 nitrogen and oxygen atoms in total. The zero-order valence-corrected chi connectivity index (χ0v) is 14.7. The van der Waals surface area contributed by atoms with E-state index >= 15 is 0 Å². The first kappa shape index (κ1) is 17.6. The van der Waals surface area contributed by atoms with Crippen molar-refractivity contribution in [3.05, 3.63) is 52.7 Å². The molecule has 130 valence electrons. The van der Waals surface area contributed by atoms with Crippen LogP contribution >= 0.6 is 0 Å². The Labute approximate surface area is 153 Å². The molecule has 0 spiro atoms. The molecule has 0 aromatic heterocycles. The van der Waals surface area contributed by atoms with Crippen molar-refractivity contribution >= 4 is 0 Å². The monoisotopic (exact) mass is 344 g/mol. The molecule has 2 aliphatic rings. The third kappa shape index (κ3) is 2.52. The average molecular weight is 344 g/mol. The molecule has 1 aromatic carbocycles. The van der Waals surface area contributed by atoms with E-state index in [0.717, 1.165) is 36.1 Å². The molecular formula is C21H20N4O. The Balaban J connectivity index is 2.21. The van der Waals surface area contributed by atoms with E-state index < -0.39 is 11.3 Å². The average Bonchev–Trinajstić information content (AvgIpc) is 2.68. The fraction of sp³-hybridized carbons (Fsp3) is 0.381. The van der Waals surface area contributed by atoms with Crippen LogP contribution in [0.3, 0.4) is 0 Å². The zero-order valence-electron chi connectivity index (χ0n) is 14.7. The van der Waals surface area contributed by atoms with Crippen molar-refractivity contribution in [1.29, 1.82) is 15.8 Å². The lowest BCUT2D eigenvalue weighted by Crippen LogP contribution is -2.42. The minimum Gasteiger partial charge on any atom is -0.494 e. The minimum atomic E-state index is -1.54. The summed E-state index contributed by atoms with van der Waals surface area (Å²) in [7, 11) is 0. The molecule has 0 bridgehead atoms. The maximum Gasteiger partial charge on any atom is 0.191 e. The molecule has 0 saturated heterocycles. The Morgan fingerprint density at radius 3 is 2.46 bits per heavy atom. The van der Waals surface area contributed by atoms with Gasteiger partial charge >= 0.3 is 0 Å². The Morgan fingerprint density at radius 1 is 1.19 bits per heavy atom. The number of allylic oxidation sites excluding steroid dienone is 4. The summed E-state index contributed by atoms with van der Waals surface area (Å²) in [6.45, 7) is 2.49. The molecule has 3 rings (SSSR count). The van der Waals surface area contributed by atoms with Gasteiger partial charge in [0.05, 0.1) is 30.0 Å². The van der Waals surface area contributed by atoms with Crippen LogP contribution in [0.4, 0.5) is 0 Å². The molecule has 0 amide bonds. The molecule has 0 fully saturated rings. The van der Waals surface area contributed by atoms with Gasteiger partial charge in [-0.15, -0.1) is 0 Å². The number of hydrogen-bond acceptors (Lipinski definition) is 5. The minimum absolute atomic E-state index is 0.0667. The van der Waals surface area contributed by atoms with Crippen molar-refractivity contribution in [2.24, 2.45) is 17.1 Å². The number of ether oxygens (including phenoxy) is 1.